The molecule has 1 amide bonds. The Morgan fingerprint density at radius 2 is 1.71 bits per heavy atom. The third-order valence-electron chi connectivity index (χ3n) is 3.43. The van der Waals surface area contributed by atoms with Gasteiger partial charge in [-0.25, -0.2) is 5.43 Å². The molecule has 0 atom stereocenters. The Morgan fingerprint density at radius 1 is 1.04 bits per heavy atom. The molecule has 0 spiro atoms. The van der Waals surface area contributed by atoms with E-state index in [0.717, 1.165) is 11.3 Å². The molecule has 0 saturated heterocycles. The van der Waals surface area contributed by atoms with Crippen molar-refractivity contribution in [3.05, 3.63) is 53.6 Å². The van der Waals surface area contributed by atoms with Crippen LogP contribution in [-0.4, -0.2) is 40.4 Å². The third kappa shape index (κ3) is 4.25. The smallest absolute Gasteiger partial charge is 0.271 e. The van der Waals surface area contributed by atoms with Crippen LogP contribution in [0.2, 0.25) is 0 Å². The van der Waals surface area contributed by atoms with Gasteiger partial charge in [0, 0.05) is 25.3 Å². The summed E-state index contributed by atoms with van der Waals surface area (Å²) in [5.41, 5.74) is 4.87. The Bertz CT molecular complexity index is 725. The monoisotopic (exact) mass is 327 g/mol. The number of nitrogens with one attached hydrogen (secondary N) is 1. The average molecular weight is 327 g/mol. The number of hydrogen-bond acceptors (Lipinski definition) is 5. The van der Waals surface area contributed by atoms with E-state index >= 15 is 0 Å². The molecular weight excluding hydrogens is 306 g/mol. The van der Waals surface area contributed by atoms with Crippen LogP contribution >= 0.6 is 0 Å². The molecule has 0 heterocycles. The zero-order valence-corrected chi connectivity index (χ0v) is 14.2. The predicted octanol–water partition coefficient (Wildman–Crippen LogP) is 2.53. The maximum atomic E-state index is 12.1. The van der Waals surface area contributed by atoms with Gasteiger partial charge in [0.1, 0.15) is 0 Å². The number of benzene rings is 2. The Balaban J connectivity index is 2.01. The zero-order valence-electron chi connectivity index (χ0n) is 14.2. The number of hydrazone groups is 1. The highest BCUT2D eigenvalue weighted by Crippen LogP contribution is 2.26. The molecule has 126 valence electrons. The number of rotatable bonds is 6. The number of anilines is 1. The van der Waals surface area contributed by atoms with E-state index in [4.69, 9.17) is 9.47 Å². The summed E-state index contributed by atoms with van der Waals surface area (Å²) >= 11 is 0. The number of carbonyl (C=O) groups excluding carboxylic acids is 1. The van der Waals surface area contributed by atoms with E-state index in [9.17, 15) is 4.79 Å². The highest BCUT2D eigenvalue weighted by atomic mass is 16.5. The maximum absolute atomic E-state index is 12.1. The van der Waals surface area contributed by atoms with Crippen LogP contribution in [-0.2, 0) is 0 Å². The molecular formula is C18H21N3O3. The highest BCUT2D eigenvalue weighted by Gasteiger charge is 2.05. The van der Waals surface area contributed by atoms with E-state index in [-0.39, 0.29) is 5.91 Å². The molecule has 24 heavy (non-hydrogen) atoms. The Labute approximate surface area is 141 Å². The molecule has 6 nitrogen and oxygen atoms in total. The van der Waals surface area contributed by atoms with Gasteiger partial charge < -0.3 is 14.4 Å². The van der Waals surface area contributed by atoms with Gasteiger partial charge in [0.2, 0.25) is 0 Å². The van der Waals surface area contributed by atoms with Crippen molar-refractivity contribution in [3.63, 3.8) is 0 Å². The van der Waals surface area contributed by atoms with E-state index < -0.39 is 0 Å². The average Bonchev–Trinajstić information content (AvgIpc) is 2.61. The van der Waals surface area contributed by atoms with Crippen molar-refractivity contribution in [1.82, 2.24) is 5.43 Å². The SMILES string of the molecule is COc1ccc(/C=N\NC(=O)c2ccc(N(C)C)cc2)cc1OC. The second-order valence-corrected chi connectivity index (χ2v) is 5.25. The van der Waals surface area contributed by atoms with Crippen LogP contribution < -0.4 is 19.8 Å². The van der Waals surface area contributed by atoms with Gasteiger partial charge in [-0.05, 0) is 48.0 Å². The van der Waals surface area contributed by atoms with E-state index in [2.05, 4.69) is 10.5 Å². The fraction of sp³-hybridized carbons (Fsp3) is 0.222. The Hall–Kier alpha value is -3.02. The summed E-state index contributed by atoms with van der Waals surface area (Å²) in [4.78, 5) is 14.0. The van der Waals surface area contributed by atoms with Gasteiger partial charge in [0.15, 0.2) is 11.5 Å². The standard InChI is InChI=1S/C18H21N3O3/c1-21(2)15-8-6-14(7-9-15)18(22)20-19-12-13-5-10-16(23-3)17(11-13)24-4/h5-12H,1-4H3,(H,20,22)/b19-12-. The zero-order chi connectivity index (χ0) is 17.5. The van der Waals surface area contributed by atoms with E-state index in [1.54, 1.807) is 44.7 Å². The molecule has 0 aromatic heterocycles. The van der Waals surface area contributed by atoms with E-state index in [1.807, 2.05) is 37.2 Å². The second kappa shape index (κ2) is 8.01. The fourth-order valence-corrected chi connectivity index (χ4v) is 2.07. The summed E-state index contributed by atoms with van der Waals surface area (Å²) < 4.78 is 10.4. The van der Waals surface area contributed by atoms with Crippen molar-refractivity contribution in [1.29, 1.82) is 0 Å². The largest absolute Gasteiger partial charge is 0.493 e. The van der Waals surface area contributed by atoms with Gasteiger partial charge in [-0.2, -0.15) is 5.10 Å². The molecule has 2 aromatic rings. The number of ether oxygens (including phenoxy) is 2. The minimum absolute atomic E-state index is 0.267. The minimum atomic E-state index is -0.267. The van der Waals surface area contributed by atoms with Crippen LogP contribution in [0, 0.1) is 0 Å². The lowest BCUT2D eigenvalue weighted by Crippen LogP contribution is -2.18. The highest BCUT2D eigenvalue weighted by molar-refractivity contribution is 5.95. The summed E-state index contributed by atoms with van der Waals surface area (Å²) in [7, 11) is 7.04. The van der Waals surface area contributed by atoms with Gasteiger partial charge in [0.25, 0.3) is 5.91 Å². The quantitative estimate of drug-likeness (QED) is 0.654. The molecule has 1 N–H and O–H groups in total. The Kier molecular flexibility index (Phi) is 5.78. The van der Waals surface area contributed by atoms with Crippen molar-refractivity contribution in [2.45, 2.75) is 0 Å². The van der Waals surface area contributed by atoms with Gasteiger partial charge in [-0.15, -0.1) is 0 Å². The van der Waals surface area contributed by atoms with Crippen LogP contribution in [0.5, 0.6) is 11.5 Å². The van der Waals surface area contributed by atoms with Crippen molar-refractivity contribution in [3.8, 4) is 11.5 Å². The van der Waals surface area contributed by atoms with Crippen LogP contribution in [0.3, 0.4) is 0 Å². The summed E-state index contributed by atoms with van der Waals surface area (Å²) in [6.07, 6.45) is 1.55. The number of methoxy groups -OCH3 is 2. The van der Waals surface area contributed by atoms with Crippen molar-refractivity contribution < 1.29 is 14.3 Å². The lowest BCUT2D eigenvalue weighted by Gasteiger charge is -2.12. The van der Waals surface area contributed by atoms with Crippen LogP contribution in [0.4, 0.5) is 5.69 Å². The molecule has 2 aromatic carbocycles. The summed E-state index contributed by atoms with van der Waals surface area (Å²) in [6, 6.07) is 12.7. The molecule has 2 rings (SSSR count). The topological polar surface area (TPSA) is 63.2 Å². The number of carbonyl (C=O) groups is 1. The van der Waals surface area contributed by atoms with Gasteiger partial charge >= 0.3 is 0 Å². The van der Waals surface area contributed by atoms with Gasteiger partial charge in [-0.3, -0.25) is 4.79 Å². The molecule has 0 bridgehead atoms. The first-order chi connectivity index (χ1) is 11.5. The van der Waals surface area contributed by atoms with Gasteiger partial charge in [-0.1, -0.05) is 0 Å². The van der Waals surface area contributed by atoms with Crippen LogP contribution in [0.25, 0.3) is 0 Å². The number of amides is 1. The first-order valence-corrected chi connectivity index (χ1v) is 7.38. The molecule has 0 saturated carbocycles. The molecule has 0 aliphatic rings. The number of hydrogen-bond donors (Lipinski definition) is 1. The molecule has 0 unspecified atom stereocenters. The third-order valence-corrected chi connectivity index (χ3v) is 3.43. The minimum Gasteiger partial charge on any atom is -0.493 e. The summed E-state index contributed by atoms with van der Waals surface area (Å²) in [6.45, 7) is 0. The second-order valence-electron chi connectivity index (χ2n) is 5.25. The van der Waals surface area contributed by atoms with Gasteiger partial charge in [0.05, 0.1) is 20.4 Å². The first-order valence-electron chi connectivity index (χ1n) is 7.38. The van der Waals surface area contributed by atoms with Crippen LogP contribution in [0.15, 0.2) is 47.6 Å². The predicted molar refractivity (Wildman–Crippen MR) is 95.4 cm³/mol. The van der Waals surface area contributed by atoms with E-state index in [1.165, 1.54) is 0 Å². The van der Waals surface area contributed by atoms with Crippen molar-refractivity contribution >= 4 is 17.8 Å². The molecule has 0 aliphatic heterocycles. The van der Waals surface area contributed by atoms with E-state index in [0.29, 0.717) is 17.1 Å². The summed E-state index contributed by atoms with van der Waals surface area (Å²) in [5, 5.41) is 3.98. The van der Waals surface area contributed by atoms with Crippen LogP contribution in [0.1, 0.15) is 15.9 Å². The molecule has 6 heteroatoms. The maximum Gasteiger partial charge on any atom is 0.271 e. The van der Waals surface area contributed by atoms with Crippen molar-refractivity contribution in [2.75, 3.05) is 33.2 Å². The Morgan fingerprint density at radius 3 is 2.29 bits per heavy atom. The summed E-state index contributed by atoms with van der Waals surface area (Å²) in [5.74, 6) is 0.976. The number of nitrogens with zero attached hydrogens (tertiary/aromatic N) is 2. The first kappa shape index (κ1) is 17.3. The lowest BCUT2D eigenvalue weighted by molar-refractivity contribution is 0.0955. The normalized spacial score (nSPS) is 10.5. The molecule has 0 fully saturated rings. The van der Waals surface area contributed by atoms with Crippen molar-refractivity contribution in [2.24, 2.45) is 5.10 Å². The lowest BCUT2D eigenvalue weighted by atomic mass is 10.2. The molecule has 0 aliphatic carbocycles. The fourth-order valence-electron chi connectivity index (χ4n) is 2.07. The molecule has 0 radical (unpaired) electrons.